The Morgan fingerprint density at radius 2 is 1.83 bits per heavy atom. The first kappa shape index (κ1) is 16.4. The van der Waals surface area contributed by atoms with Gasteiger partial charge in [-0.3, -0.25) is 19.5 Å². The summed E-state index contributed by atoms with van der Waals surface area (Å²) in [6, 6.07) is 9.40. The molecule has 0 saturated heterocycles. The molecule has 2 rings (SSSR count). The second-order valence-electron chi connectivity index (χ2n) is 4.46. The van der Waals surface area contributed by atoms with Gasteiger partial charge in [0.1, 0.15) is 10.6 Å². The average Bonchev–Trinajstić information content (AvgIpc) is 2.46. The predicted molar refractivity (Wildman–Crippen MR) is 81.7 cm³/mol. The zero-order chi connectivity index (χ0) is 17.2. The molecule has 23 heavy (non-hydrogen) atoms. The van der Waals surface area contributed by atoms with E-state index in [1.54, 1.807) is 18.2 Å². The van der Waals surface area contributed by atoms with Gasteiger partial charge >= 0.3 is 0 Å². The highest BCUT2D eigenvalue weighted by molar-refractivity contribution is 7.86. The number of carbonyl (C=O) groups excluding carboxylic acids is 1. The smallest absolute Gasteiger partial charge is 0.296 e. The van der Waals surface area contributed by atoms with E-state index in [0.29, 0.717) is 6.07 Å². The Balaban J connectivity index is 2.49. The van der Waals surface area contributed by atoms with Crippen LogP contribution in [0.4, 0.5) is 17.1 Å². The molecule has 120 valence electrons. The molecule has 4 N–H and O–H groups in total. The molecule has 2 aromatic carbocycles. The molecule has 0 saturated carbocycles. The Labute approximate surface area is 130 Å². The van der Waals surface area contributed by atoms with Crippen LogP contribution in [0.5, 0.6) is 0 Å². The van der Waals surface area contributed by atoms with Gasteiger partial charge in [-0.15, -0.1) is 0 Å². The molecule has 1 amide bonds. The predicted octanol–water partition coefficient (Wildman–Crippen LogP) is 1.68. The number of nitro benzene ring substituents is 1. The van der Waals surface area contributed by atoms with Gasteiger partial charge in [-0.05, 0) is 18.2 Å². The van der Waals surface area contributed by atoms with E-state index >= 15 is 0 Å². The van der Waals surface area contributed by atoms with Gasteiger partial charge in [0.2, 0.25) is 0 Å². The van der Waals surface area contributed by atoms with Crippen molar-refractivity contribution in [3.05, 3.63) is 58.1 Å². The number of nitro groups is 1. The molecule has 0 atom stereocenters. The molecule has 0 radical (unpaired) electrons. The third-order valence-corrected chi connectivity index (χ3v) is 3.80. The third kappa shape index (κ3) is 3.62. The first-order valence-corrected chi connectivity index (χ1v) is 7.56. The largest absolute Gasteiger partial charge is 0.398 e. The van der Waals surface area contributed by atoms with Crippen molar-refractivity contribution in [2.24, 2.45) is 0 Å². The molecule has 0 fully saturated rings. The molecule has 2 aromatic rings. The zero-order valence-corrected chi connectivity index (χ0v) is 12.3. The molecular formula is C13H11N3O6S. The minimum atomic E-state index is -4.73. The van der Waals surface area contributed by atoms with Crippen LogP contribution in [-0.2, 0) is 10.1 Å². The number of nitrogen functional groups attached to an aromatic ring is 1. The quantitative estimate of drug-likeness (QED) is 0.332. The van der Waals surface area contributed by atoms with E-state index in [1.807, 2.05) is 0 Å². The monoisotopic (exact) mass is 337 g/mol. The summed E-state index contributed by atoms with van der Waals surface area (Å²) in [6.45, 7) is 0. The van der Waals surface area contributed by atoms with Crippen LogP contribution in [0.1, 0.15) is 10.4 Å². The Morgan fingerprint density at radius 1 is 1.22 bits per heavy atom. The number of nitrogens with one attached hydrogen (secondary N) is 1. The van der Waals surface area contributed by atoms with E-state index in [4.69, 9.17) is 10.3 Å². The molecule has 9 nitrogen and oxygen atoms in total. The van der Waals surface area contributed by atoms with Crippen molar-refractivity contribution >= 4 is 33.1 Å². The number of rotatable bonds is 4. The summed E-state index contributed by atoms with van der Waals surface area (Å²) < 4.78 is 31.3. The number of anilines is 2. The Morgan fingerprint density at radius 3 is 2.35 bits per heavy atom. The maximum atomic E-state index is 12.0. The average molecular weight is 337 g/mol. The fourth-order valence-electron chi connectivity index (χ4n) is 1.84. The fraction of sp³-hybridized carbons (Fsp3) is 0. The molecule has 0 aliphatic heterocycles. The summed E-state index contributed by atoms with van der Waals surface area (Å²) in [6.07, 6.45) is 0. The van der Waals surface area contributed by atoms with Crippen molar-refractivity contribution in [3.63, 3.8) is 0 Å². The van der Waals surface area contributed by atoms with Crippen LogP contribution in [0.25, 0.3) is 0 Å². The van der Waals surface area contributed by atoms with Crippen molar-refractivity contribution in [2.75, 3.05) is 11.1 Å². The van der Waals surface area contributed by atoms with E-state index < -0.39 is 37.2 Å². The maximum absolute atomic E-state index is 12.0. The lowest BCUT2D eigenvalue weighted by Gasteiger charge is -2.09. The first-order valence-electron chi connectivity index (χ1n) is 6.12. The zero-order valence-electron chi connectivity index (χ0n) is 11.5. The van der Waals surface area contributed by atoms with Crippen LogP contribution in [0.3, 0.4) is 0 Å². The highest BCUT2D eigenvalue weighted by Crippen LogP contribution is 2.32. The van der Waals surface area contributed by atoms with Gasteiger partial charge in [0, 0.05) is 11.6 Å². The summed E-state index contributed by atoms with van der Waals surface area (Å²) >= 11 is 0. The minimum Gasteiger partial charge on any atom is -0.398 e. The Hall–Kier alpha value is -2.98. The number of amides is 1. The first-order chi connectivity index (χ1) is 10.7. The van der Waals surface area contributed by atoms with Gasteiger partial charge in [0.05, 0.1) is 10.6 Å². The summed E-state index contributed by atoms with van der Waals surface area (Å²) in [5.74, 6) is -0.632. The topological polar surface area (TPSA) is 153 Å². The lowest BCUT2D eigenvalue weighted by molar-refractivity contribution is -0.384. The normalized spacial score (nSPS) is 11.0. The van der Waals surface area contributed by atoms with E-state index in [-0.39, 0.29) is 11.3 Å². The summed E-state index contributed by atoms with van der Waals surface area (Å²) in [5, 5.41) is 13.4. The van der Waals surface area contributed by atoms with Crippen molar-refractivity contribution in [1.82, 2.24) is 0 Å². The summed E-state index contributed by atoms with van der Waals surface area (Å²) in [7, 11) is -4.73. The van der Waals surface area contributed by atoms with Gasteiger partial charge in [-0.25, -0.2) is 0 Å². The second-order valence-corrected chi connectivity index (χ2v) is 5.85. The number of benzene rings is 2. The van der Waals surface area contributed by atoms with Crippen LogP contribution in [0.15, 0.2) is 47.4 Å². The van der Waals surface area contributed by atoms with Crippen LogP contribution in [0.2, 0.25) is 0 Å². The molecular weight excluding hydrogens is 326 g/mol. The van der Waals surface area contributed by atoms with E-state index in [9.17, 15) is 23.3 Å². The number of hydrogen-bond acceptors (Lipinski definition) is 6. The van der Waals surface area contributed by atoms with Crippen molar-refractivity contribution in [2.45, 2.75) is 4.90 Å². The lowest BCUT2D eigenvalue weighted by atomic mass is 10.2. The highest BCUT2D eigenvalue weighted by Gasteiger charge is 2.24. The van der Waals surface area contributed by atoms with Crippen LogP contribution < -0.4 is 11.1 Å². The van der Waals surface area contributed by atoms with Gasteiger partial charge in [-0.2, -0.15) is 8.42 Å². The maximum Gasteiger partial charge on any atom is 0.296 e. The van der Waals surface area contributed by atoms with Gasteiger partial charge in [0.25, 0.3) is 21.7 Å². The molecule has 0 heterocycles. The second kappa shape index (κ2) is 6.02. The minimum absolute atomic E-state index is 0.249. The number of hydrogen-bond donors (Lipinski definition) is 3. The number of carbonyl (C=O) groups is 1. The standard InChI is InChI=1S/C13H11N3O6S/c14-9-6-10(15-13(17)8-4-2-1-3-5-8)11(16(18)19)7-12(9)23(20,21)22/h1-7H,14H2,(H,15,17)(H,20,21,22). The van der Waals surface area contributed by atoms with E-state index in [1.165, 1.54) is 12.1 Å². The van der Waals surface area contributed by atoms with E-state index in [0.717, 1.165) is 6.07 Å². The van der Waals surface area contributed by atoms with Crippen LogP contribution in [0, 0.1) is 10.1 Å². The van der Waals surface area contributed by atoms with Gasteiger partial charge in [-0.1, -0.05) is 18.2 Å². The molecule has 0 aromatic heterocycles. The SMILES string of the molecule is Nc1cc(NC(=O)c2ccccc2)c([N+](=O)[O-])cc1S(=O)(=O)O. The van der Waals surface area contributed by atoms with Gasteiger partial charge in [0.15, 0.2) is 0 Å². The number of nitrogens with zero attached hydrogens (tertiary/aromatic N) is 1. The van der Waals surface area contributed by atoms with Crippen molar-refractivity contribution in [3.8, 4) is 0 Å². The molecule has 10 heteroatoms. The fourth-order valence-corrected chi connectivity index (χ4v) is 2.46. The summed E-state index contributed by atoms with van der Waals surface area (Å²) in [5.41, 5.74) is 4.30. The van der Waals surface area contributed by atoms with Crippen LogP contribution >= 0.6 is 0 Å². The molecule has 0 aliphatic carbocycles. The molecule has 0 spiro atoms. The number of nitrogens with two attached hydrogens (primary N) is 1. The highest BCUT2D eigenvalue weighted by atomic mass is 32.2. The Bertz CT molecular complexity index is 880. The molecule has 0 unspecified atom stereocenters. The summed E-state index contributed by atoms with van der Waals surface area (Å²) in [4.78, 5) is 21.4. The van der Waals surface area contributed by atoms with E-state index in [2.05, 4.69) is 5.32 Å². The van der Waals surface area contributed by atoms with Crippen molar-refractivity contribution < 1.29 is 22.7 Å². The Kier molecular flexibility index (Phi) is 4.29. The molecule has 0 aliphatic rings. The van der Waals surface area contributed by atoms with Gasteiger partial charge < -0.3 is 11.1 Å². The third-order valence-electron chi connectivity index (χ3n) is 2.89. The van der Waals surface area contributed by atoms with Crippen molar-refractivity contribution in [1.29, 1.82) is 0 Å². The lowest BCUT2D eigenvalue weighted by Crippen LogP contribution is -2.14. The van der Waals surface area contributed by atoms with Crippen LogP contribution in [-0.4, -0.2) is 23.8 Å². The molecule has 0 bridgehead atoms.